The Bertz CT molecular complexity index is 1090. The summed E-state index contributed by atoms with van der Waals surface area (Å²) >= 11 is 6.44. The standard InChI is InChI=1S/C25H29ClN6O2/c1-29-23-22(24(33)28-25(29)34)32(16-19-9-5-6-10-20(19)26)21(27-23)17-31-13-11-30(12-14-31)15-18-7-3-2-4-8-18/h2-10,22-23H,11-17H2,1H3,(H,28,33,34). The summed E-state index contributed by atoms with van der Waals surface area (Å²) in [6.45, 7) is 5.82. The number of amides is 3. The molecule has 5 rings (SSSR count). The summed E-state index contributed by atoms with van der Waals surface area (Å²) in [6, 6.07) is 17.2. The number of carbonyl (C=O) groups is 2. The van der Waals surface area contributed by atoms with Crippen LogP contribution in [0.1, 0.15) is 11.1 Å². The number of hydrogen-bond acceptors (Lipinski definition) is 6. The van der Waals surface area contributed by atoms with Crippen LogP contribution in [-0.2, 0) is 17.9 Å². The molecule has 178 valence electrons. The number of amidine groups is 1. The van der Waals surface area contributed by atoms with Crippen LogP contribution in [0.25, 0.3) is 0 Å². The van der Waals surface area contributed by atoms with Crippen molar-refractivity contribution in [3.63, 3.8) is 0 Å². The molecule has 2 aromatic rings. The zero-order chi connectivity index (χ0) is 23.7. The molecule has 3 amide bonds. The predicted octanol–water partition coefficient (Wildman–Crippen LogP) is 2.25. The molecule has 2 saturated heterocycles. The van der Waals surface area contributed by atoms with Crippen molar-refractivity contribution in [2.75, 3.05) is 39.8 Å². The second-order valence-electron chi connectivity index (χ2n) is 9.07. The molecule has 0 radical (unpaired) electrons. The van der Waals surface area contributed by atoms with Gasteiger partial charge in [0.2, 0.25) is 0 Å². The minimum atomic E-state index is -0.562. The highest BCUT2D eigenvalue weighted by molar-refractivity contribution is 6.31. The van der Waals surface area contributed by atoms with Crippen LogP contribution in [0.5, 0.6) is 0 Å². The van der Waals surface area contributed by atoms with Gasteiger partial charge in [-0.25, -0.2) is 9.79 Å². The molecule has 0 aliphatic carbocycles. The second kappa shape index (κ2) is 9.74. The van der Waals surface area contributed by atoms with Gasteiger partial charge in [0.1, 0.15) is 5.84 Å². The lowest BCUT2D eigenvalue weighted by Crippen LogP contribution is -2.63. The zero-order valence-corrected chi connectivity index (χ0v) is 20.0. The van der Waals surface area contributed by atoms with Crippen molar-refractivity contribution in [3.8, 4) is 0 Å². The van der Waals surface area contributed by atoms with E-state index in [0.29, 0.717) is 18.1 Å². The van der Waals surface area contributed by atoms with Gasteiger partial charge in [0.15, 0.2) is 12.2 Å². The van der Waals surface area contributed by atoms with Crippen LogP contribution < -0.4 is 5.32 Å². The zero-order valence-electron chi connectivity index (χ0n) is 19.2. The highest BCUT2D eigenvalue weighted by atomic mass is 35.5. The van der Waals surface area contributed by atoms with Crippen LogP contribution in [-0.4, -0.2) is 89.4 Å². The first-order valence-electron chi connectivity index (χ1n) is 11.6. The molecule has 34 heavy (non-hydrogen) atoms. The molecule has 9 heteroatoms. The van der Waals surface area contributed by atoms with Gasteiger partial charge in [-0.1, -0.05) is 60.1 Å². The molecular weight excluding hydrogens is 452 g/mol. The van der Waals surface area contributed by atoms with Crippen molar-refractivity contribution in [2.24, 2.45) is 4.99 Å². The highest BCUT2D eigenvalue weighted by Gasteiger charge is 2.48. The minimum Gasteiger partial charge on any atom is -0.339 e. The Labute approximate surface area is 204 Å². The van der Waals surface area contributed by atoms with Gasteiger partial charge in [0, 0.05) is 51.3 Å². The molecule has 0 aromatic heterocycles. The van der Waals surface area contributed by atoms with E-state index >= 15 is 0 Å². The first-order valence-corrected chi connectivity index (χ1v) is 12.0. The number of urea groups is 1. The van der Waals surface area contributed by atoms with Gasteiger partial charge in [0.25, 0.3) is 5.91 Å². The maximum atomic E-state index is 12.8. The Morgan fingerprint density at radius 3 is 2.26 bits per heavy atom. The van der Waals surface area contributed by atoms with Crippen LogP contribution >= 0.6 is 11.6 Å². The number of imide groups is 1. The summed E-state index contributed by atoms with van der Waals surface area (Å²) in [6.07, 6.45) is -0.530. The average Bonchev–Trinajstić information content (AvgIpc) is 3.19. The number of piperazine rings is 1. The van der Waals surface area contributed by atoms with Crippen molar-refractivity contribution in [2.45, 2.75) is 25.3 Å². The van der Waals surface area contributed by atoms with E-state index in [-0.39, 0.29) is 5.91 Å². The summed E-state index contributed by atoms with van der Waals surface area (Å²) < 4.78 is 0. The summed E-state index contributed by atoms with van der Waals surface area (Å²) in [5, 5.41) is 3.12. The number of halogens is 1. The largest absolute Gasteiger partial charge is 0.339 e. The normalized spacial score (nSPS) is 23.6. The smallest absolute Gasteiger partial charge is 0.325 e. The predicted molar refractivity (Wildman–Crippen MR) is 131 cm³/mol. The fourth-order valence-electron chi connectivity index (χ4n) is 4.86. The second-order valence-corrected chi connectivity index (χ2v) is 9.47. The topological polar surface area (TPSA) is 71.5 Å². The number of aliphatic imine (C=N–C) groups is 1. The van der Waals surface area contributed by atoms with E-state index in [1.54, 1.807) is 7.05 Å². The van der Waals surface area contributed by atoms with Crippen molar-refractivity contribution < 1.29 is 9.59 Å². The lowest BCUT2D eigenvalue weighted by atomic mass is 10.1. The Morgan fingerprint density at radius 2 is 1.56 bits per heavy atom. The first kappa shape index (κ1) is 22.8. The molecule has 3 aliphatic heterocycles. The van der Waals surface area contributed by atoms with E-state index < -0.39 is 18.2 Å². The van der Waals surface area contributed by atoms with E-state index in [4.69, 9.17) is 16.6 Å². The molecule has 0 spiro atoms. The monoisotopic (exact) mass is 480 g/mol. The molecule has 2 fully saturated rings. The quantitative estimate of drug-likeness (QED) is 0.686. The number of benzene rings is 2. The van der Waals surface area contributed by atoms with Crippen molar-refractivity contribution >= 4 is 29.4 Å². The Hall–Kier alpha value is -2.94. The number of fused-ring (bicyclic) bond motifs is 1. The third-order valence-corrected chi connectivity index (χ3v) is 7.19. The molecule has 0 saturated carbocycles. The van der Waals surface area contributed by atoms with E-state index in [1.165, 1.54) is 10.5 Å². The third kappa shape index (κ3) is 4.66. The Morgan fingerprint density at radius 1 is 0.912 bits per heavy atom. The van der Waals surface area contributed by atoms with Crippen molar-refractivity contribution in [1.82, 2.24) is 24.9 Å². The average molecular weight is 481 g/mol. The summed E-state index contributed by atoms with van der Waals surface area (Å²) in [5.41, 5.74) is 2.25. The van der Waals surface area contributed by atoms with Gasteiger partial charge in [-0.05, 0) is 17.2 Å². The van der Waals surface area contributed by atoms with Gasteiger partial charge in [0.05, 0.1) is 6.54 Å². The fourth-order valence-corrected chi connectivity index (χ4v) is 5.06. The van der Waals surface area contributed by atoms with Crippen molar-refractivity contribution in [1.29, 1.82) is 0 Å². The Balaban J connectivity index is 1.30. The Kier molecular flexibility index (Phi) is 6.54. The van der Waals surface area contributed by atoms with Crippen LogP contribution in [0.15, 0.2) is 59.6 Å². The first-order chi connectivity index (χ1) is 16.5. The van der Waals surface area contributed by atoms with Crippen LogP contribution in [0, 0.1) is 0 Å². The SMILES string of the molecule is CN1C(=O)NC(=O)C2C1N=C(CN1CCN(Cc3ccccc3)CC1)N2Cc1ccccc1Cl. The van der Waals surface area contributed by atoms with Gasteiger partial charge < -0.3 is 9.80 Å². The number of carbonyl (C=O) groups excluding carboxylic acids is 2. The van der Waals surface area contributed by atoms with E-state index in [0.717, 1.165) is 44.1 Å². The molecule has 0 bridgehead atoms. The third-order valence-electron chi connectivity index (χ3n) is 6.82. The highest BCUT2D eigenvalue weighted by Crippen LogP contribution is 2.28. The number of hydrogen-bond donors (Lipinski definition) is 1. The fraction of sp³-hybridized carbons (Fsp3) is 0.400. The van der Waals surface area contributed by atoms with E-state index in [9.17, 15) is 9.59 Å². The van der Waals surface area contributed by atoms with Crippen LogP contribution in [0.4, 0.5) is 4.79 Å². The summed E-state index contributed by atoms with van der Waals surface area (Å²) in [5.74, 6) is 0.509. The maximum Gasteiger partial charge on any atom is 0.325 e. The van der Waals surface area contributed by atoms with Gasteiger partial charge in [-0.15, -0.1) is 0 Å². The minimum absolute atomic E-state index is 0.313. The van der Waals surface area contributed by atoms with Crippen LogP contribution in [0.2, 0.25) is 5.02 Å². The molecule has 2 unspecified atom stereocenters. The molecule has 3 heterocycles. The van der Waals surface area contributed by atoms with Crippen LogP contribution in [0.3, 0.4) is 0 Å². The lowest BCUT2D eigenvalue weighted by molar-refractivity contribution is -0.127. The maximum absolute atomic E-state index is 12.8. The molecule has 1 N–H and O–H groups in total. The van der Waals surface area contributed by atoms with Crippen molar-refractivity contribution in [3.05, 3.63) is 70.7 Å². The molecule has 2 atom stereocenters. The number of nitrogens with one attached hydrogen (secondary N) is 1. The molecule has 3 aliphatic rings. The van der Waals surface area contributed by atoms with Gasteiger partial charge >= 0.3 is 6.03 Å². The number of rotatable bonds is 6. The number of likely N-dealkylation sites (N-methyl/N-ethyl adjacent to an activating group) is 1. The molecular formula is C25H29ClN6O2. The number of nitrogens with zero attached hydrogens (tertiary/aromatic N) is 5. The van der Waals surface area contributed by atoms with E-state index in [2.05, 4.69) is 39.4 Å². The summed E-state index contributed by atoms with van der Waals surface area (Å²) in [7, 11) is 1.68. The lowest BCUT2D eigenvalue weighted by Gasteiger charge is -2.38. The van der Waals surface area contributed by atoms with Gasteiger partial charge in [-0.2, -0.15) is 0 Å². The molecule has 8 nitrogen and oxygen atoms in total. The molecule has 2 aromatic carbocycles. The van der Waals surface area contributed by atoms with E-state index in [1.807, 2.05) is 35.2 Å². The summed E-state index contributed by atoms with van der Waals surface area (Å²) in [4.78, 5) is 38.3. The van der Waals surface area contributed by atoms with Gasteiger partial charge in [-0.3, -0.25) is 19.9 Å².